The molecule has 0 unspecified atom stereocenters. The van der Waals surface area contributed by atoms with Gasteiger partial charge in [-0.2, -0.15) is 0 Å². The second-order valence-electron chi connectivity index (χ2n) is 19.2. The van der Waals surface area contributed by atoms with Crippen LogP contribution in [0.3, 0.4) is 0 Å². The lowest BCUT2D eigenvalue weighted by molar-refractivity contribution is -0.265. The minimum absolute atomic E-state index is 0.00257. The maximum atomic E-state index is 13.5. The molecule has 1 aliphatic carbocycles. The Morgan fingerprint density at radius 1 is 0.891 bits per heavy atom. The molecule has 64 heavy (non-hydrogen) atoms. The molecule has 5 N–H and O–H groups in total. The highest BCUT2D eigenvalue weighted by atomic mass is 16.6. The Morgan fingerprint density at radius 3 is 2.25 bits per heavy atom. The number of nitrogens with zero attached hydrogens (tertiary/aromatic N) is 1. The number of aliphatic hydroxyl groups excluding tert-OH is 3. The minimum Gasteiger partial charge on any atom is -0.480 e. The molecule has 0 aromatic heterocycles. The second kappa shape index (κ2) is 26.1. The average molecular weight is 902 g/mol. The fraction of sp³-hybridized carbons (Fsp3) is 0.740. The minimum atomic E-state index is -2.43. The quantitative estimate of drug-likeness (QED) is 0.0423. The van der Waals surface area contributed by atoms with Crippen LogP contribution in [0.25, 0.3) is 0 Å². The van der Waals surface area contributed by atoms with Crippen molar-refractivity contribution in [1.82, 2.24) is 4.90 Å². The fourth-order valence-electron chi connectivity index (χ4n) is 9.42. The van der Waals surface area contributed by atoms with Crippen LogP contribution in [0.4, 0.5) is 0 Å². The molecule has 14 nitrogen and oxygen atoms in total. The number of carbonyl (C=O) groups excluding carboxylic acids is 4. The first-order chi connectivity index (χ1) is 30.1. The Kier molecular flexibility index (Phi) is 22.4. The number of carboxylic acid groups (broad SMARTS) is 1. The SMILES string of the molecule is CO[C@@H]1C[C@H](C[C@@H](C)[C@@H](C)CC(=O)C/C=C(\C)[C@@H](O)[C@@H](OC)C(=O)[C@H](C)C[C@H](C)/C=C/C=C/C=C(\C)[C@@H](O)C[C@@H]2CC[C@@H](C)[C@](O)(C(=O)C(=O)N3CCCC[C@H]3C(=O)O)O2)CC[C@H]1O. The van der Waals surface area contributed by atoms with Gasteiger partial charge in [-0.15, -0.1) is 0 Å². The van der Waals surface area contributed by atoms with E-state index < -0.39 is 71.8 Å². The zero-order chi connectivity index (χ0) is 47.9. The van der Waals surface area contributed by atoms with E-state index in [0.717, 1.165) is 30.6 Å². The molecule has 2 aliphatic heterocycles. The number of likely N-dealkylation sites (tertiary alicyclic amines) is 1. The third-order valence-corrected chi connectivity index (χ3v) is 14.1. The number of aliphatic carboxylic acids is 1. The van der Waals surface area contributed by atoms with E-state index in [1.165, 1.54) is 7.11 Å². The fourth-order valence-corrected chi connectivity index (χ4v) is 9.42. The predicted molar refractivity (Wildman–Crippen MR) is 243 cm³/mol. The van der Waals surface area contributed by atoms with Crippen molar-refractivity contribution in [1.29, 1.82) is 0 Å². The van der Waals surface area contributed by atoms with Crippen molar-refractivity contribution < 1.29 is 63.7 Å². The third kappa shape index (κ3) is 15.6. The van der Waals surface area contributed by atoms with Gasteiger partial charge in [-0.05, 0) is 113 Å². The van der Waals surface area contributed by atoms with Gasteiger partial charge in [0.05, 0.1) is 24.4 Å². The van der Waals surface area contributed by atoms with Gasteiger partial charge in [0.2, 0.25) is 5.79 Å². The summed E-state index contributed by atoms with van der Waals surface area (Å²) in [5.74, 6) is -6.21. The van der Waals surface area contributed by atoms with E-state index in [-0.39, 0.29) is 55.3 Å². The summed E-state index contributed by atoms with van der Waals surface area (Å²) in [5, 5.41) is 53.2. The monoisotopic (exact) mass is 902 g/mol. The Balaban J connectivity index is 1.46. The number of ketones is 3. The highest BCUT2D eigenvalue weighted by Gasteiger charge is 2.52. The Bertz CT molecular complexity index is 1690. The highest BCUT2D eigenvalue weighted by Crippen LogP contribution is 2.37. The molecule has 0 aromatic carbocycles. The first-order valence-electron chi connectivity index (χ1n) is 23.5. The van der Waals surface area contributed by atoms with E-state index in [0.29, 0.717) is 61.5 Å². The van der Waals surface area contributed by atoms with Crippen molar-refractivity contribution in [2.24, 2.45) is 35.5 Å². The number of allylic oxidation sites excluding steroid dienone is 6. The number of carboxylic acids is 1. The zero-order valence-corrected chi connectivity index (χ0v) is 39.8. The van der Waals surface area contributed by atoms with Crippen molar-refractivity contribution in [3.63, 3.8) is 0 Å². The lowest BCUT2D eigenvalue weighted by atomic mass is 9.76. The van der Waals surface area contributed by atoms with Crippen LogP contribution in [0.1, 0.15) is 132 Å². The molecule has 362 valence electrons. The number of methoxy groups -OCH3 is 2. The summed E-state index contributed by atoms with van der Waals surface area (Å²) < 4.78 is 16.8. The van der Waals surface area contributed by atoms with Crippen molar-refractivity contribution in [2.45, 2.75) is 180 Å². The average Bonchev–Trinajstić information content (AvgIpc) is 3.26. The molecule has 3 fully saturated rings. The van der Waals surface area contributed by atoms with E-state index in [1.807, 2.05) is 19.1 Å². The van der Waals surface area contributed by atoms with E-state index in [4.69, 9.17) is 14.2 Å². The summed E-state index contributed by atoms with van der Waals surface area (Å²) in [5.41, 5.74) is 1.12. The molecule has 1 amide bonds. The van der Waals surface area contributed by atoms with Gasteiger partial charge in [-0.1, -0.05) is 71.1 Å². The standard InChI is InChI=1S/C50H79NO13/c1-30(25-35(6)45(56)46(63-9)44(55)32(3)18-21-38(52)27-34(5)33(4)26-37-20-23-41(53)43(28-37)62-8)15-11-10-12-16-31(2)42(54)29-39-22-19-36(7)50(61,64-39)47(57)48(58)51-24-14-13-17-40(51)49(59)60/h10-12,15-16,18,30,33-37,39-44,46,53-55,61H,13-14,17,19-29H2,1-9H3,(H,59,60)/b12-10+,15-11+,31-16+,32-18+/t30-,33-,34+,35-,36-,37+,39+,40+,41-,42+,43-,44-,46-,50-/m1/s1. The normalized spacial score (nSPS) is 29.5. The smallest absolute Gasteiger partial charge is 0.326 e. The first kappa shape index (κ1) is 55.0. The maximum Gasteiger partial charge on any atom is 0.326 e. The number of aliphatic hydroxyl groups is 4. The molecule has 2 saturated heterocycles. The van der Waals surface area contributed by atoms with Crippen LogP contribution in [-0.4, -0.2) is 129 Å². The van der Waals surface area contributed by atoms with E-state index in [2.05, 4.69) is 13.8 Å². The van der Waals surface area contributed by atoms with Gasteiger partial charge in [0, 0.05) is 51.9 Å². The summed E-state index contributed by atoms with van der Waals surface area (Å²) in [7, 11) is 3.03. The molecule has 1 saturated carbocycles. The molecule has 0 spiro atoms. The lowest BCUT2D eigenvalue weighted by Gasteiger charge is -2.42. The van der Waals surface area contributed by atoms with Crippen LogP contribution in [0.5, 0.6) is 0 Å². The molecule has 0 aromatic rings. The molecule has 3 rings (SSSR count). The van der Waals surface area contributed by atoms with Crippen LogP contribution < -0.4 is 0 Å². The van der Waals surface area contributed by atoms with Crippen molar-refractivity contribution in [3.05, 3.63) is 47.6 Å². The summed E-state index contributed by atoms with van der Waals surface area (Å²) in [4.78, 5) is 65.7. The van der Waals surface area contributed by atoms with Crippen LogP contribution in [0.15, 0.2) is 47.6 Å². The number of hydrogen-bond acceptors (Lipinski definition) is 12. The molecule has 2 heterocycles. The molecular weight excluding hydrogens is 823 g/mol. The number of piperidine rings is 1. The zero-order valence-electron chi connectivity index (χ0n) is 39.8. The number of rotatable bonds is 24. The van der Waals surface area contributed by atoms with Crippen LogP contribution in [0.2, 0.25) is 0 Å². The Hall–Kier alpha value is -3.37. The first-order valence-corrected chi connectivity index (χ1v) is 23.5. The van der Waals surface area contributed by atoms with Crippen molar-refractivity contribution >= 4 is 29.2 Å². The summed E-state index contributed by atoms with van der Waals surface area (Å²) in [6.45, 7) is 13.2. The van der Waals surface area contributed by atoms with Crippen molar-refractivity contribution in [3.8, 4) is 0 Å². The Morgan fingerprint density at radius 2 is 1.59 bits per heavy atom. The van der Waals surface area contributed by atoms with E-state index in [9.17, 15) is 49.5 Å². The van der Waals surface area contributed by atoms with Gasteiger partial charge >= 0.3 is 5.97 Å². The summed E-state index contributed by atoms with van der Waals surface area (Å²) >= 11 is 0. The second-order valence-corrected chi connectivity index (χ2v) is 19.2. The summed E-state index contributed by atoms with van der Waals surface area (Å²) in [6, 6.07) is -1.13. The Labute approximate surface area is 381 Å². The predicted octanol–water partition coefficient (Wildman–Crippen LogP) is 6.08. The topological polar surface area (TPSA) is 217 Å². The number of Topliss-reactive ketones (excluding diaryl/α,β-unsaturated/α-hetero) is 3. The van der Waals surface area contributed by atoms with Crippen LogP contribution in [0, 0.1) is 35.5 Å². The number of ether oxygens (including phenoxy) is 3. The maximum absolute atomic E-state index is 13.5. The van der Waals surface area contributed by atoms with Gasteiger partial charge in [-0.3, -0.25) is 19.2 Å². The van der Waals surface area contributed by atoms with Crippen LogP contribution in [-0.2, 0) is 38.2 Å². The molecule has 3 aliphatic rings. The molecular formula is C50H79NO13. The lowest BCUT2D eigenvalue weighted by Crippen LogP contribution is -2.60. The molecule has 14 atom stereocenters. The third-order valence-electron chi connectivity index (χ3n) is 14.1. The number of hydrogen-bond donors (Lipinski definition) is 5. The highest BCUT2D eigenvalue weighted by molar-refractivity contribution is 6.39. The largest absolute Gasteiger partial charge is 0.480 e. The van der Waals surface area contributed by atoms with Gasteiger partial charge in [0.15, 0.2) is 5.78 Å². The molecule has 14 heteroatoms. The van der Waals surface area contributed by atoms with E-state index in [1.54, 1.807) is 59.1 Å². The van der Waals surface area contributed by atoms with Crippen LogP contribution >= 0.6 is 0 Å². The van der Waals surface area contributed by atoms with Gasteiger partial charge in [-0.25, -0.2) is 4.79 Å². The van der Waals surface area contributed by atoms with Gasteiger partial charge < -0.3 is 44.6 Å². The number of amides is 1. The van der Waals surface area contributed by atoms with Gasteiger partial charge in [0.1, 0.15) is 24.0 Å². The van der Waals surface area contributed by atoms with Crippen molar-refractivity contribution in [2.75, 3.05) is 20.8 Å². The molecule has 0 radical (unpaired) electrons. The molecule has 0 bridgehead atoms. The number of carbonyl (C=O) groups is 5. The summed E-state index contributed by atoms with van der Waals surface area (Å²) in [6.07, 6.45) is 13.1. The van der Waals surface area contributed by atoms with E-state index >= 15 is 0 Å². The van der Waals surface area contributed by atoms with Gasteiger partial charge in [0.25, 0.3) is 11.7 Å².